The summed E-state index contributed by atoms with van der Waals surface area (Å²) in [6.07, 6.45) is 0. The third-order valence-electron chi connectivity index (χ3n) is 9.18. The predicted molar refractivity (Wildman–Crippen MR) is 197 cm³/mol. The fourth-order valence-electron chi connectivity index (χ4n) is 7.10. The number of para-hydroxylation sites is 2. The zero-order chi connectivity index (χ0) is 29.5. The van der Waals surface area contributed by atoms with E-state index in [0.717, 1.165) is 0 Å². The lowest BCUT2D eigenvalue weighted by Gasteiger charge is -2.09. The van der Waals surface area contributed by atoms with E-state index in [1.807, 2.05) is 22.7 Å². The molecular formula is C42H25NS2. The fraction of sp³-hybridized carbons (Fsp3) is 0. The highest BCUT2D eigenvalue weighted by Gasteiger charge is 2.18. The van der Waals surface area contributed by atoms with E-state index in [9.17, 15) is 0 Å². The van der Waals surface area contributed by atoms with E-state index in [1.54, 1.807) is 0 Å². The van der Waals surface area contributed by atoms with Crippen molar-refractivity contribution in [3.63, 3.8) is 0 Å². The van der Waals surface area contributed by atoms with Crippen LogP contribution in [0.15, 0.2) is 152 Å². The summed E-state index contributed by atoms with van der Waals surface area (Å²) in [5, 5.41) is 7.96. The Hall–Kier alpha value is -5.22. The van der Waals surface area contributed by atoms with Gasteiger partial charge in [0.15, 0.2) is 0 Å². The average Bonchev–Trinajstić information content (AvgIpc) is 3.77. The molecule has 0 unspecified atom stereocenters. The molecule has 0 saturated heterocycles. The van der Waals surface area contributed by atoms with Crippen LogP contribution >= 0.6 is 22.7 Å². The van der Waals surface area contributed by atoms with Gasteiger partial charge in [0.05, 0.1) is 15.7 Å². The highest BCUT2D eigenvalue weighted by Crippen LogP contribution is 2.44. The molecule has 0 aliphatic carbocycles. The quantitative estimate of drug-likeness (QED) is 0.188. The van der Waals surface area contributed by atoms with Crippen LogP contribution in [0.3, 0.4) is 0 Å². The molecule has 3 heteroatoms. The zero-order valence-electron chi connectivity index (χ0n) is 24.2. The third kappa shape index (κ3) is 3.78. The molecule has 45 heavy (non-hydrogen) atoms. The van der Waals surface area contributed by atoms with Crippen molar-refractivity contribution in [2.75, 3.05) is 0 Å². The standard InChI is InChI=1S/C42H25NS2/c1-2-12-31(13-3-1)43-36-16-7-6-15-33(36)42-41(43)35-24-29(19-21-37(35)45-42)27-10-8-11-28(23-27)30-17-20-34-39(25-30)44-38-22-18-26-9-4-5-14-32(26)40(34)38/h1-25H. The first-order valence-electron chi connectivity index (χ1n) is 15.3. The van der Waals surface area contributed by atoms with Crippen molar-refractivity contribution in [3.05, 3.63) is 152 Å². The Kier molecular flexibility index (Phi) is 5.39. The van der Waals surface area contributed by atoms with Gasteiger partial charge in [-0.3, -0.25) is 0 Å². The maximum Gasteiger partial charge on any atom is 0.0727 e. The van der Waals surface area contributed by atoms with Crippen LogP contribution in [0.2, 0.25) is 0 Å². The summed E-state index contributed by atoms with van der Waals surface area (Å²) < 4.78 is 7.78. The molecule has 3 aromatic heterocycles. The van der Waals surface area contributed by atoms with Gasteiger partial charge in [-0.05, 0) is 81.6 Å². The van der Waals surface area contributed by atoms with E-state index in [1.165, 1.54) is 90.1 Å². The second-order valence-electron chi connectivity index (χ2n) is 11.7. The van der Waals surface area contributed by atoms with Crippen LogP contribution in [0, 0.1) is 0 Å². The molecule has 1 nitrogen and oxygen atoms in total. The molecule has 0 bridgehead atoms. The molecule has 0 N–H and O–H groups in total. The van der Waals surface area contributed by atoms with E-state index in [-0.39, 0.29) is 0 Å². The van der Waals surface area contributed by atoms with Gasteiger partial charge in [-0.15, -0.1) is 22.7 Å². The minimum absolute atomic E-state index is 1.19. The number of fused-ring (bicyclic) bond motifs is 10. The molecule has 0 radical (unpaired) electrons. The Bertz CT molecular complexity index is 2760. The van der Waals surface area contributed by atoms with Crippen molar-refractivity contribution in [2.45, 2.75) is 0 Å². The fourth-order valence-corrected chi connectivity index (χ4v) is 9.46. The largest absolute Gasteiger partial charge is 0.308 e. The van der Waals surface area contributed by atoms with Crippen molar-refractivity contribution in [2.24, 2.45) is 0 Å². The summed E-state index contributed by atoms with van der Waals surface area (Å²) in [6.45, 7) is 0. The molecule has 0 atom stereocenters. The van der Waals surface area contributed by atoms with E-state index in [2.05, 4.69) is 156 Å². The highest BCUT2D eigenvalue weighted by atomic mass is 32.1. The molecule has 0 aliphatic rings. The molecule has 10 rings (SSSR count). The van der Waals surface area contributed by atoms with Gasteiger partial charge in [0.25, 0.3) is 0 Å². The summed E-state index contributed by atoms with van der Waals surface area (Å²) in [5.41, 5.74) is 8.71. The average molecular weight is 608 g/mol. The Morgan fingerprint density at radius 2 is 1.11 bits per heavy atom. The minimum Gasteiger partial charge on any atom is -0.308 e. The Labute approximate surface area is 267 Å². The van der Waals surface area contributed by atoms with Gasteiger partial charge in [0.1, 0.15) is 0 Å². The molecule has 0 spiro atoms. The van der Waals surface area contributed by atoms with Crippen molar-refractivity contribution in [1.29, 1.82) is 0 Å². The van der Waals surface area contributed by atoms with Gasteiger partial charge in [-0.2, -0.15) is 0 Å². The number of rotatable bonds is 3. The molecule has 10 aromatic rings. The van der Waals surface area contributed by atoms with Crippen LogP contribution in [0.5, 0.6) is 0 Å². The lowest BCUT2D eigenvalue weighted by molar-refractivity contribution is 1.19. The first-order valence-corrected chi connectivity index (χ1v) is 16.9. The molecule has 0 aliphatic heterocycles. The van der Waals surface area contributed by atoms with Gasteiger partial charge in [-0.1, -0.05) is 103 Å². The van der Waals surface area contributed by atoms with Crippen molar-refractivity contribution in [3.8, 4) is 27.9 Å². The normalized spacial score (nSPS) is 12.0. The predicted octanol–water partition coefficient (Wildman–Crippen LogP) is 12.9. The topological polar surface area (TPSA) is 4.93 Å². The van der Waals surface area contributed by atoms with Crippen molar-refractivity contribution < 1.29 is 0 Å². The van der Waals surface area contributed by atoms with Crippen LogP contribution in [-0.4, -0.2) is 4.57 Å². The molecule has 210 valence electrons. The van der Waals surface area contributed by atoms with Gasteiger partial charge >= 0.3 is 0 Å². The van der Waals surface area contributed by atoms with E-state index in [0.29, 0.717) is 0 Å². The van der Waals surface area contributed by atoms with E-state index >= 15 is 0 Å². The molecule has 0 saturated carbocycles. The lowest BCUT2D eigenvalue weighted by atomic mass is 9.97. The SMILES string of the molecule is c1ccc(-n2c3ccccc3c3sc4ccc(-c5cccc(-c6ccc7c(c6)sc6ccc8ccccc8c67)c5)cc4c32)cc1. The Morgan fingerprint density at radius 3 is 2.00 bits per heavy atom. The first kappa shape index (κ1) is 25.1. The lowest BCUT2D eigenvalue weighted by Crippen LogP contribution is -1.92. The van der Waals surface area contributed by atoms with E-state index < -0.39 is 0 Å². The maximum absolute atomic E-state index is 2.44. The molecule has 0 amide bonds. The van der Waals surface area contributed by atoms with Gasteiger partial charge in [-0.25, -0.2) is 0 Å². The second-order valence-corrected chi connectivity index (χ2v) is 13.9. The number of hydrogen-bond donors (Lipinski definition) is 0. The minimum atomic E-state index is 1.19. The summed E-state index contributed by atoms with van der Waals surface area (Å²) in [6, 6.07) is 55.8. The number of hydrogen-bond acceptors (Lipinski definition) is 2. The maximum atomic E-state index is 2.44. The number of nitrogens with zero attached hydrogens (tertiary/aromatic N) is 1. The summed E-state index contributed by atoms with van der Waals surface area (Å²) in [4.78, 5) is 0. The number of benzene rings is 7. The third-order valence-corrected chi connectivity index (χ3v) is 11.5. The Balaban J connectivity index is 1.12. The smallest absolute Gasteiger partial charge is 0.0727 e. The van der Waals surface area contributed by atoms with Crippen LogP contribution in [0.4, 0.5) is 0 Å². The zero-order valence-corrected chi connectivity index (χ0v) is 25.8. The van der Waals surface area contributed by atoms with Crippen molar-refractivity contribution in [1.82, 2.24) is 4.57 Å². The number of thiophene rings is 2. The second kappa shape index (κ2) is 9.64. The van der Waals surface area contributed by atoms with Crippen LogP contribution < -0.4 is 0 Å². The first-order chi connectivity index (χ1) is 22.3. The highest BCUT2D eigenvalue weighted by molar-refractivity contribution is 7.27. The molecule has 0 fully saturated rings. The van der Waals surface area contributed by atoms with Gasteiger partial charge in [0, 0.05) is 41.3 Å². The van der Waals surface area contributed by atoms with Crippen LogP contribution in [-0.2, 0) is 0 Å². The van der Waals surface area contributed by atoms with Crippen LogP contribution in [0.25, 0.3) is 90.1 Å². The van der Waals surface area contributed by atoms with Crippen molar-refractivity contribution >= 4 is 84.8 Å². The van der Waals surface area contributed by atoms with Crippen LogP contribution in [0.1, 0.15) is 0 Å². The number of aromatic nitrogens is 1. The van der Waals surface area contributed by atoms with E-state index in [4.69, 9.17) is 0 Å². The van der Waals surface area contributed by atoms with Gasteiger partial charge < -0.3 is 4.57 Å². The summed E-state index contributed by atoms with van der Waals surface area (Å²) >= 11 is 3.78. The van der Waals surface area contributed by atoms with Gasteiger partial charge in [0.2, 0.25) is 0 Å². The molecular weight excluding hydrogens is 583 g/mol. The molecule has 3 heterocycles. The summed E-state index contributed by atoms with van der Waals surface area (Å²) in [7, 11) is 0. The Morgan fingerprint density at radius 1 is 0.400 bits per heavy atom. The summed E-state index contributed by atoms with van der Waals surface area (Å²) in [5.74, 6) is 0. The molecule has 7 aromatic carbocycles. The monoisotopic (exact) mass is 607 g/mol.